The molecule has 2 bridgehead atoms. The minimum atomic E-state index is -1.84. The lowest BCUT2D eigenvalue weighted by Gasteiger charge is -2.56. The molecule has 0 radical (unpaired) electrons. The van der Waals surface area contributed by atoms with Crippen molar-refractivity contribution in [3.8, 4) is 11.5 Å². The van der Waals surface area contributed by atoms with E-state index in [1.54, 1.807) is 19.2 Å². The number of hydrogen-bond acceptors (Lipinski definition) is 4. The topological polar surface area (TPSA) is 41.9 Å². The summed E-state index contributed by atoms with van der Waals surface area (Å²) in [7, 11) is 3.50. The number of rotatable bonds is 1. The number of nitrogens with zero attached hydrogens (tertiary/aromatic N) is 1. The predicted molar refractivity (Wildman–Crippen MR) is 82.5 cm³/mol. The van der Waals surface area contributed by atoms with E-state index in [2.05, 4.69) is 4.90 Å². The normalized spacial score (nSPS) is 48.7. The first-order valence-electron chi connectivity index (χ1n) is 9.26. The van der Waals surface area contributed by atoms with E-state index in [4.69, 9.17) is 13.6 Å². The Hall–Kier alpha value is -1.52. The molecule has 116 valence electrons. The van der Waals surface area contributed by atoms with Crippen LogP contribution in [0.2, 0.25) is 0 Å². The van der Waals surface area contributed by atoms with Crippen LogP contribution in [-0.4, -0.2) is 48.9 Å². The minimum Gasteiger partial charge on any atom is -0.493 e. The number of ether oxygens (including phenoxy) is 2. The molecule has 1 fully saturated rings. The predicted octanol–water partition coefficient (Wildman–Crippen LogP) is 1.50. The van der Waals surface area contributed by atoms with Gasteiger partial charge < -0.3 is 19.5 Å². The van der Waals surface area contributed by atoms with Crippen LogP contribution < -0.4 is 9.47 Å². The maximum atomic E-state index is 10.7. The van der Waals surface area contributed by atoms with E-state index in [-0.39, 0.29) is 12.0 Å². The molecule has 2 heterocycles. The van der Waals surface area contributed by atoms with Gasteiger partial charge in [-0.3, -0.25) is 0 Å². The molecule has 22 heavy (non-hydrogen) atoms. The van der Waals surface area contributed by atoms with Crippen LogP contribution in [0.4, 0.5) is 0 Å². The van der Waals surface area contributed by atoms with Crippen molar-refractivity contribution in [2.24, 2.45) is 5.92 Å². The van der Waals surface area contributed by atoms with Crippen molar-refractivity contribution in [1.29, 1.82) is 0 Å². The molecule has 1 spiro atoms. The quantitative estimate of drug-likeness (QED) is 0.798. The summed E-state index contributed by atoms with van der Waals surface area (Å²) in [6, 6.07) is 3.16. The first kappa shape index (κ1) is 10.3. The van der Waals surface area contributed by atoms with Crippen LogP contribution in [0.15, 0.2) is 24.3 Å². The third-order valence-electron chi connectivity index (χ3n) is 5.84. The highest BCUT2D eigenvalue weighted by atomic mass is 16.5. The number of methoxy groups -OCH3 is 1. The van der Waals surface area contributed by atoms with Gasteiger partial charge in [0.1, 0.15) is 12.2 Å². The van der Waals surface area contributed by atoms with Crippen LogP contribution in [0.1, 0.15) is 21.7 Å². The molecule has 1 saturated heterocycles. The second-order valence-electron chi connectivity index (χ2n) is 6.69. The van der Waals surface area contributed by atoms with Gasteiger partial charge in [-0.25, -0.2) is 0 Å². The summed E-state index contributed by atoms with van der Waals surface area (Å²) in [4.78, 5) is 2.07. The van der Waals surface area contributed by atoms with Gasteiger partial charge in [0.25, 0.3) is 0 Å². The minimum absolute atomic E-state index is 0.155. The van der Waals surface area contributed by atoms with Gasteiger partial charge >= 0.3 is 0 Å². The molecule has 4 aliphatic rings. The lowest BCUT2D eigenvalue weighted by molar-refractivity contribution is -0.0453. The van der Waals surface area contributed by atoms with Crippen molar-refractivity contribution in [2.75, 3.05) is 20.7 Å². The van der Waals surface area contributed by atoms with Crippen molar-refractivity contribution in [3.05, 3.63) is 35.4 Å². The number of likely N-dealkylation sites (N-methyl/N-ethyl adjacent to an activating group) is 1. The molecule has 1 N–H and O–H groups in total. The lowest BCUT2D eigenvalue weighted by atomic mass is 9.53. The fourth-order valence-corrected chi connectivity index (χ4v) is 4.85. The number of piperidine rings is 1. The van der Waals surface area contributed by atoms with E-state index in [0.29, 0.717) is 30.0 Å². The molecular formula is C18H21NO3. The largest absolute Gasteiger partial charge is 0.493 e. The summed E-state index contributed by atoms with van der Waals surface area (Å²) in [6.45, 7) is 0.695. The summed E-state index contributed by atoms with van der Waals surface area (Å²) in [5.74, 6) is 0.874. The molecule has 0 saturated carbocycles. The Bertz CT molecular complexity index is 809. The molecule has 1 aromatic rings. The van der Waals surface area contributed by atoms with E-state index in [9.17, 15) is 5.11 Å². The number of hydrogen-bond donors (Lipinski definition) is 1. The Kier molecular flexibility index (Phi) is 1.90. The molecule has 4 heteroatoms. The van der Waals surface area contributed by atoms with Crippen LogP contribution >= 0.6 is 0 Å². The molecule has 5 atom stereocenters. The Labute approximate surface area is 134 Å². The van der Waals surface area contributed by atoms with E-state index in [1.807, 2.05) is 13.1 Å². The first-order valence-corrected chi connectivity index (χ1v) is 7.76. The standard InChI is InChI=1S/C18H21NO3/c1-19-8-7-18-11-4-5-13(20)17(18)22-16-14(21-2)6-3-10(15(16)18)9-12(11)19/h3-6,11-13,17,20H,7-9H2,1-2H3/t11-,12+,13?,17?,18-/m0/s1/i9D2,13D. The highest BCUT2D eigenvalue weighted by Crippen LogP contribution is 2.62. The summed E-state index contributed by atoms with van der Waals surface area (Å²) in [5.41, 5.74) is 0.809. The van der Waals surface area contributed by atoms with Crippen LogP contribution in [0.25, 0.3) is 0 Å². The van der Waals surface area contributed by atoms with Gasteiger partial charge in [0.15, 0.2) is 11.5 Å². The summed E-state index contributed by atoms with van der Waals surface area (Å²) in [6.07, 6.45) is -0.145. The van der Waals surface area contributed by atoms with Gasteiger partial charge in [-0.15, -0.1) is 0 Å². The van der Waals surface area contributed by atoms with Crippen LogP contribution in [0, 0.1) is 5.92 Å². The summed E-state index contributed by atoms with van der Waals surface area (Å²) in [5, 5.41) is 10.7. The van der Waals surface area contributed by atoms with Crippen LogP contribution in [0.5, 0.6) is 11.5 Å². The first-order chi connectivity index (χ1) is 11.7. The van der Waals surface area contributed by atoms with Crippen molar-refractivity contribution in [1.82, 2.24) is 4.90 Å². The molecule has 5 rings (SSSR count). The maximum absolute atomic E-state index is 10.7. The van der Waals surface area contributed by atoms with Gasteiger partial charge in [0.2, 0.25) is 0 Å². The van der Waals surface area contributed by atoms with Crippen molar-refractivity contribution in [3.63, 3.8) is 0 Å². The van der Waals surface area contributed by atoms with Crippen molar-refractivity contribution < 1.29 is 18.7 Å². The number of benzene rings is 1. The number of likely N-dealkylation sites (tertiary alicyclic amines) is 1. The monoisotopic (exact) mass is 302 g/mol. The smallest absolute Gasteiger partial charge is 0.165 e. The highest BCUT2D eigenvalue weighted by Gasteiger charge is 2.64. The zero-order valence-electron chi connectivity index (χ0n) is 15.7. The van der Waals surface area contributed by atoms with E-state index >= 15 is 0 Å². The molecule has 2 aliphatic heterocycles. The third kappa shape index (κ3) is 1.28. The second kappa shape index (κ2) is 4.06. The maximum Gasteiger partial charge on any atom is 0.165 e. The van der Waals surface area contributed by atoms with Crippen molar-refractivity contribution >= 4 is 0 Å². The van der Waals surface area contributed by atoms with E-state index in [0.717, 1.165) is 5.56 Å². The lowest BCUT2D eigenvalue weighted by Crippen LogP contribution is -2.64. The van der Waals surface area contributed by atoms with Crippen molar-refractivity contribution in [2.45, 2.75) is 36.4 Å². The summed E-state index contributed by atoms with van der Waals surface area (Å²) >= 11 is 0. The Balaban J connectivity index is 1.90. The van der Waals surface area contributed by atoms with E-state index in [1.165, 1.54) is 6.08 Å². The SMILES string of the molecule is [2H]C1(O)C=C[C@H]2[C@@H]3N(C)CC[C@@]24c2c(ccc(OC)c2OC14)C3([2H])[2H]. The fraction of sp³-hybridized carbons (Fsp3) is 0.556. The molecule has 0 amide bonds. The third-order valence-corrected chi connectivity index (χ3v) is 5.84. The second-order valence-corrected chi connectivity index (χ2v) is 6.69. The van der Waals surface area contributed by atoms with Gasteiger partial charge in [-0.1, -0.05) is 18.2 Å². The molecule has 4 nitrogen and oxygen atoms in total. The van der Waals surface area contributed by atoms with E-state index < -0.39 is 24.0 Å². The van der Waals surface area contributed by atoms with Crippen LogP contribution in [0.3, 0.4) is 0 Å². The number of aliphatic hydroxyl groups is 1. The van der Waals surface area contributed by atoms with Gasteiger partial charge in [-0.05, 0) is 38.0 Å². The Morgan fingerprint density at radius 3 is 3.18 bits per heavy atom. The average Bonchev–Trinajstić information content (AvgIpc) is 2.91. The molecule has 2 unspecified atom stereocenters. The Morgan fingerprint density at radius 2 is 2.36 bits per heavy atom. The van der Waals surface area contributed by atoms with Crippen LogP contribution in [-0.2, 0) is 11.8 Å². The molecule has 2 aliphatic carbocycles. The Morgan fingerprint density at radius 1 is 1.50 bits per heavy atom. The highest BCUT2D eigenvalue weighted by molar-refractivity contribution is 5.62. The molecular weight excluding hydrogens is 278 g/mol. The zero-order chi connectivity index (χ0) is 17.8. The fourth-order valence-electron chi connectivity index (χ4n) is 4.85. The van der Waals surface area contributed by atoms with Gasteiger partial charge in [0, 0.05) is 25.7 Å². The van der Waals surface area contributed by atoms with Gasteiger partial charge in [0.05, 0.1) is 8.48 Å². The molecule has 0 aromatic heterocycles. The summed E-state index contributed by atoms with van der Waals surface area (Å²) < 4.78 is 37.7. The average molecular weight is 302 g/mol. The molecule has 1 aromatic carbocycles. The zero-order valence-corrected chi connectivity index (χ0v) is 12.7. The van der Waals surface area contributed by atoms with Gasteiger partial charge in [-0.2, -0.15) is 0 Å².